The molecule has 0 saturated carbocycles. The van der Waals surface area contributed by atoms with E-state index in [1.165, 1.54) is 6.33 Å². The van der Waals surface area contributed by atoms with Gasteiger partial charge < -0.3 is 19.8 Å². The molecule has 7 heteroatoms. The molecule has 1 amide bonds. The summed E-state index contributed by atoms with van der Waals surface area (Å²) in [4.78, 5) is 29.2. The lowest BCUT2D eigenvalue weighted by Gasteiger charge is -2.18. The van der Waals surface area contributed by atoms with Gasteiger partial charge in [0.2, 0.25) is 0 Å². The smallest absolute Gasteiger partial charge is 0.274 e. The van der Waals surface area contributed by atoms with Crippen LogP contribution in [0.15, 0.2) is 35.4 Å². The summed E-state index contributed by atoms with van der Waals surface area (Å²) in [5, 5.41) is 2.65. The Bertz CT molecular complexity index is 711. The number of benzene rings is 1. The zero-order valence-corrected chi connectivity index (χ0v) is 10.4. The molecule has 0 bridgehead atoms. The summed E-state index contributed by atoms with van der Waals surface area (Å²) in [5.41, 5.74) is 0.206. The monoisotopic (exact) mass is 273 g/mol. The van der Waals surface area contributed by atoms with Gasteiger partial charge in [-0.05, 0) is 12.1 Å². The molecule has 1 aliphatic heterocycles. The van der Waals surface area contributed by atoms with Gasteiger partial charge in [-0.25, -0.2) is 4.98 Å². The first-order chi connectivity index (χ1) is 9.72. The summed E-state index contributed by atoms with van der Waals surface area (Å²) in [7, 11) is 0. The minimum absolute atomic E-state index is 0.0450. The molecule has 0 unspecified atom stereocenters. The molecule has 2 aromatic rings. The van der Waals surface area contributed by atoms with Crippen molar-refractivity contribution in [1.29, 1.82) is 0 Å². The molecule has 3 rings (SSSR count). The van der Waals surface area contributed by atoms with Gasteiger partial charge in [-0.15, -0.1) is 0 Å². The van der Waals surface area contributed by atoms with E-state index in [0.717, 1.165) is 6.07 Å². The fourth-order valence-corrected chi connectivity index (χ4v) is 1.81. The van der Waals surface area contributed by atoms with Gasteiger partial charge in [0.1, 0.15) is 18.9 Å². The number of aromatic amines is 1. The second-order valence-corrected chi connectivity index (χ2v) is 4.11. The molecule has 0 atom stereocenters. The predicted molar refractivity (Wildman–Crippen MR) is 70.2 cm³/mol. The van der Waals surface area contributed by atoms with Crippen molar-refractivity contribution in [2.45, 2.75) is 0 Å². The number of hydrogen-bond acceptors (Lipinski definition) is 5. The van der Waals surface area contributed by atoms with Crippen molar-refractivity contribution in [3.8, 4) is 11.5 Å². The van der Waals surface area contributed by atoms with Crippen LogP contribution in [0, 0.1) is 0 Å². The number of rotatable bonds is 2. The number of amides is 1. The highest BCUT2D eigenvalue weighted by Gasteiger charge is 2.14. The Morgan fingerprint density at radius 3 is 2.80 bits per heavy atom. The van der Waals surface area contributed by atoms with Crippen molar-refractivity contribution in [3.63, 3.8) is 0 Å². The highest BCUT2D eigenvalue weighted by Crippen LogP contribution is 2.32. The van der Waals surface area contributed by atoms with E-state index in [1.54, 1.807) is 18.2 Å². The van der Waals surface area contributed by atoms with Crippen molar-refractivity contribution >= 4 is 11.6 Å². The summed E-state index contributed by atoms with van der Waals surface area (Å²) < 4.78 is 10.8. The lowest BCUT2D eigenvalue weighted by atomic mass is 10.2. The molecule has 0 saturated heterocycles. The highest BCUT2D eigenvalue weighted by molar-refractivity contribution is 6.02. The number of carbonyl (C=O) groups is 1. The minimum Gasteiger partial charge on any atom is -0.486 e. The first-order valence-corrected chi connectivity index (χ1v) is 5.98. The molecule has 7 nitrogen and oxygen atoms in total. The Morgan fingerprint density at radius 1 is 1.20 bits per heavy atom. The van der Waals surface area contributed by atoms with E-state index >= 15 is 0 Å². The zero-order valence-electron chi connectivity index (χ0n) is 10.4. The van der Waals surface area contributed by atoms with Gasteiger partial charge >= 0.3 is 0 Å². The normalized spacial score (nSPS) is 12.8. The average Bonchev–Trinajstić information content (AvgIpc) is 2.47. The van der Waals surface area contributed by atoms with Gasteiger partial charge in [-0.1, -0.05) is 0 Å². The number of nitrogens with one attached hydrogen (secondary N) is 2. The molecular weight excluding hydrogens is 262 g/mol. The van der Waals surface area contributed by atoms with Gasteiger partial charge in [-0.3, -0.25) is 9.59 Å². The molecule has 2 N–H and O–H groups in total. The minimum atomic E-state index is -0.465. The quantitative estimate of drug-likeness (QED) is 0.844. The van der Waals surface area contributed by atoms with Gasteiger partial charge in [0.15, 0.2) is 11.5 Å². The number of aromatic nitrogens is 2. The Hall–Kier alpha value is -2.83. The van der Waals surface area contributed by atoms with Gasteiger partial charge in [0.05, 0.1) is 6.33 Å². The van der Waals surface area contributed by atoms with Crippen molar-refractivity contribution in [1.82, 2.24) is 9.97 Å². The Morgan fingerprint density at radius 2 is 2.00 bits per heavy atom. The summed E-state index contributed by atoms with van der Waals surface area (Å²) in [6.45, 7) is 0.982. The molecule has 0 aliphatic carbocycles. The van der Waals surface area contributed by atoms with Crippen LogP contribution in [0.2, 0.25) is 0 Å². The predicted octanol–water partition coefficient (Wildman–Crippen LogP) is 0.793. The van der Waals surface area contributed by atoms with Crippen LogP contribution in [0.25, 0.3) is 0 Å². The van der Waals surface area contributed by atoms with Crippen LogP contribution in [-0.4, -0.2) is 29.1 Å². The summed E-state index contributed by atoms with van der Waals surface area (Å²) >= 11 is 0. The number of H-pyrrole nitrogens is 1. The van der Waals surface area contributed by atoms with E-state index in [1.807, 2.05) is 0 Å². The van der Waals surface area contributed by atoms with Gasteiger partial charge in [-0.2, -0.15) is 0 Å². The maximum Gasteiger partial charge on any atom is 0.274 e. The maximum atomic E-state index is 11.9. The Kier molecular flexibility index (Phi) is 3.08. The van der Waals surface area contributed by atoms with Crippen molar-refractivity contribution in [3.05, 3.63) is 46.6 Å². The molecule has 1 aliphatic rings. The summed E-state index contributed by atoms with van der Waals surface area (Å²) in [6, 6.07) is 6.21. The summed E-state index contributed by atoms with van der Waals surface area (Å²) in [5.74, 6) is 0.754. The van der Waals surface area contributed by atoms with Gasteiger partial charge in [0.25, 0.3) is 11.5 Å². The second kappa shape index (κ2) is 5.04. The van der Waals surface area contributed by atoms with Crippen LogP contribution >= 0.6 is 0 Å². The number of anilines is 1. The SMILES string of the molecule is O=C(Nc1ccc2c(c1)OCCO2)c1cc(=O)[nH]cn1. The van der Waals surface area contributed by atoms with E-state index in [9.17, 15) is 9.59 Å². The third kappa shape index (κ3) is 2.46. The molecule has 0 fully saturated rings. The maximum absolute atomic E-state index is 11.9. The molecule has 2 heterocycles. The standard InChI is InChI=1S/C13H11N3O4/c17-12-6-9(14-7-15-12)13(18)16-8-1-2-10-11(5-8)20-4-3-19-10/h1-2,5-7H,3-4H2,(H,16,18)(H,14,15,17). The fourth-order valence-electron chi connectivity index (χ4n) is 1.81. The molecular formula is C13H11N3O4. The number of nitrogens with zero attached hydrogens (tertiary/aromatic N) is 1. The van der Waals surface area contributed by atoms with Crippen LogP contribution in [0.4, 0.5) is 5.69 Å². The van der Waals surface area contributed by atoms with E-state index in [2.05, 4.69) is 15.3 Å². The number of fused-ring (bicyclic) bond motifs is 1. The van der Waals surface area contributed by atoms with Crippen LogP contribution in [0.3, 0.4) is 0 Å². The first-order valence-electron chi connectivity index (χ1n) is 5.98. The Labute approximate surface area is 113 Å². The van der Waals surface area contributed by atoms with E-state index in [4.69, 9.17) is 9.47 Å². The lowest BCUT2D eigenvalue weighted by Crippen LogP contribution is -2.18. The highest BCUT2D eigenvalue weighted by atomic mass is 16.6. The van der Waals surface area contributed by atoms with Crippen LogP contribution in [0.5, 0.6) is 11.5 Å². The van der Waals surface area contributed by atoms with Crippen molar-refractivity contribution < 1.29 is 14.3 Å². The number of ether oxygens (including phenoxy) is 2. The van der Waals surface area contributed by atoms with Crippen LogP contribution < -0.4 is 20.3 Å². The molecule has 102 valence electrons. The number of hydrogen-bond donors (Lipinski definition) is 2. The second-order valence-electron chi connectivity index (χ2n) is 4.11. The van der Waals surface area contributed by atoms with E-state index in [0.29, 0.717) is 30.4 Å². The van der Waals surface area contributed by atoms with Crippen LogP contribution in [0.1, 0.15) is 10.5 Å². The topological polar surface area (TPSA) is 93.3 Å². The lowest BCUT2D eigenvalue weighted by molar-refractivity contribution is 0.102. The molecule has 0 spiro atoms. The van der Waals surface area contributed by atoms with Crippen LogP contribution in [-0.2, 0) is 0 Å². The molecule has 1 aromatic heterocycles. The Balaban J connectivity index is 1.81. The zero-order chi connectivity index (χ0) is 13.9. The molecule has 0 radical (unpaired) electrons. The van der Waals surface area contributed by atoms with Crippen molar-refractivity contribution in [2.75, 3.05) is 18.5 Å². The average molecular weight is 273 g/mol. The third-order valence-corrected chi connectivity index (χ3v) is 2.71. The van der Waals surface area contributed by atoms with E-state index < -0.39 is 5.91 Å². The summed E-state index contributed by atoms with van der Waals surface area (Å²) in [6.07, 6.45) is 1.18. The van der Waals surface area contributed by atoms with E-state index in [-0.39, 0.29) is 11.3 Å². The largest absolute Gasteiger partial charge is 0.486 e. The fraction of sp³-hybridized carbons (Fsp3) is 0.154. The molecule has 20 heavy (non-hydrogen) atoms. The third-order valence-electron chi connectivity index (χ3n) is 2.71. The van der Waals surface area contributed by atoms with Gasteiger partial charge in [0, 0.05) is 17.8 Å². The number of carbonyl (C=O) groups excluding carboxylic acids is 1. The van der Waals surface area contributed by atoms with Crippen molar-refractivity contribution in [2.24, 2.45) is 0 Å². The first kappa shape index (κ1) is 12.2. The molecule has 1 aromatic carbocycles.